The molecule has 0 spiro atoms. The molecule has 1 unspecified atom stereocenters. The van der Waals surface area contributed by atoms with Gasteiger partial charge >= 0.3 is 0 Å². The molecule has 0 fully saturated rings. The molecule has 1 atom stereocenters. The lowest BCUT2D eigenvalue weighted by Crippen LogP contribution is -1.90. The summed E-state index contributed by atoms with van der Waals surface area (Å²) in [4.78, 5) is 0. The van der Waals surface area contributed by atoms with Gasteiger partial charge < -0.3 is 10.3 Å². The maximum atomic E-state index is 9.16. The summed E-state index contributed by atoms with van der Waals surface area (Å²) in [6, 6.07) is 7.15. The minimum Gasteiger partial charge on any atom is -0.411 e. The van der Waals surface area contributed by atoms with Crippen LogP contribution in [0.15, 0.2) is 29.4 Å². The molecule has 1 aromatic carbocycles. The Morgan fingerprint density at radius 1 is 1.33 bits per heavy atom. The van der Waals surface area contributed by atoms with Crippen LogP contribution in [0.2, 0.25) is 0 Å². The van der Waals surface area contributed by atoms with Crippen molar-refractivity contribution in [3.8, 4) is 0 Å². The van der Waals surface area contributed by atoms with Crippen molar-refractivity contribution in [2.45, 2.75) is 13.0 Å². The number of nitrogens with zero attached hydrogens (tertiary/aromatic N) is 1. The lowest BCUT2D eigenvalue weighted by Gasteiger charge is -2.03. The van der Waals surface area contributed by atoms with Crippen LogP contribution in [-0.4, -0.2) is 16.5 Å². The first-order valence-corrected chi connectivity index (χ1v) is 3.69. The summed E-state index contributed by atoms with van der Waals surface area (Å²) in [5.41, 5.74) is 1.66. The highest BCUT2D eigenvalue weighted by Crippen LogP contribution is 2.11. The van der Waals surface area contributed by atoms with E-state index in [0.717, 1.165) is 11.1 Å². The summed E-state index contributed by atoms with van der Waals surface area (Å²) in [6.07, 6.45) is 0.886. The predicted octanol–water partition coefficient (Wildman–Crippen LogP) is 1.55. The van der Waals surface area contributed by atoms with Gasteiger partial charge in [-0.25, -0.2) is 0 Å². The molecule has 64 valence electrons. The number of hydrogen-bond acceptors (Lipinski definition) is 3. The Morgan fingerprint density at radius 3 is 2.33 bits per heavy atom. The molecule has 3 heteroatoms. The van der Waals surface area contributed by atoms with Crippen molar-refractivity contribution in [2.75, 3.05) is 0 Å². The molecular formula is C9H11NO2. The Balaban J connectivity index is 2.85. The fourth-order valence-corrected chi connectivity index (χ4v) is 0.927. The Hall–Kier alpha value is -1.35. The van der Waals surface area contributed by atoms with Gasteiger partial charge in [0.2, 0.25) is 0 Å². The normalized spacial score (nSPS) is 13.5. The van der Waals surface area contributed by atoms with E-state index in [-0.39, 0.29) is 0 Å². The van der Waals surface area contributed by atoms with Gasteiger partial charge in [-0.2, -0.15) is 0 Å². The van der Waals surface area contributed by atoms with Crippen molar-refractivity contribution in [1.29, 1.82) is 0 Å². The smallest absolute Gasteiger partial charge is 0.0761 e. The minimum absolute atomic E-state index is 0.454. The zero-order valence-electron chi connectivity index (χ0n) is 6.81. The topological polar surface area (TPSA) is 52.8 Å². The van der Waals surface area contributed by atoms with E-state index in [2.05, 4.69) is 5.16 Å². The highest BCUT2D eigenvalue weighted by molar-refractivity contribution is 5.78. The lowest BCUT2D eigenvalue weighted by molar-refractivity contribution is 0.199. The van der Waals surface area contributed by atoms with Crippen LogP contribution in [0.25, 0.3) is 0 Å². The maximum absolute atomic E-state index is 9.16. The van der Waals surface area contributed by atoms with Gasteiger partial charge in [0.25, 0.3) is 0 Å². The van der Waals surface area contributed by atoms with Crippen molar-refractivity contribution >= 4 is 6.21 Å². The molecule has 2 N–H and O–H groups in total. The Labute approximate surface area is 71.0 Å². The number of aliphatic hydroxyl groups excluding tert-OH is 1. The van der Waals surface area contributed by atoms with Crippen LogP contribution >= 0.6 is 0 Å². The second-order valence-corrected chi connectivity index (χ2v) is 2.59. The van der Waals surface area contributed by atoms with Crippen LogP contribution in [0, 0.1) is 0 Å². The van der Waals surface area contributed by atoms with Gasteiger partial charge in [-0.1, -0.05) is 29.4 Å². The first-order valence-electron chi connectivity index (χ1n) is 3.69. The van der Waals surface area contributed by atoms with Crippen LogP contribution in [0.4, 0.5) is 0 Å². The molecule has 0 bridgehead atoms. The van der Waals surface area contributed by atoms with E-state index in [1.54, 1.807) is 31.2 Å². The van der Waals surface area contributed by atoms with Crippen molar-refractivity contribution in [3.63, 3.8) is 0 Å². The van der Waals surface area contributed by atoms with Gasteiger partial charge in [0.1, 0.15) is 0 Å². The molecule has 0 aromatic heterocycles. The quantitative estimate of drug-likeness (QED) is 0.397. The molecule has 0 amide bonds. The number of hydrogen-bond donors (Lipinski definition) is 2. The molecule has 0 saturated carbocycles. The van der Waals surface area contributed by atoms with Crippen LogP contribution in [0.1, 0.15) is 24.2 Å². The standard InChI is InChI=1S/C9H11NO2/c1-7(11)9-4-2-8(3-5-9)6-10-12/h2-7,11-12H,1H3/b10-6+. The van der Waals surface area contributed by atoms with Crippen LogP contribution in [0.5, 0.6) is 0 Å². The number of rotatable bonds is 2. The average Bonchev–Trinajstić information content (AvgIpc) is 2.06. The highest BCUT2D eigenvalue weighted by atomic mass is 16.4. The second-order valence-electron chi connectivity index (χ2n) is 2.59. The van der Waals surface area contributed by atoms with E-state index in [1.807, 2.05) is 0 Å². The van der Waals surface area contributed by atoms with Gasteiger partial charge in [-0.15, -0.1) is 0 Å². The van der Waals surface area contributed by atoms with E-state index in [1.165, 1.54) is 6.21 Å². The average molecular weight is 165 g/mol. The molecule has 0 heterocycles. The van der Waals surface area contributed by atoms with Gasteiger partial charge in [0, 0.05) is 0 Å². The number of oxime groups is 1. The lowest BCUT2D eigenvalue weighted by atomic mass is 10.1. The molecule has 1 rings (SSSR count). The maximum Gasteiger partial charge on any atom is 0.0761 e. The zero-order chi connectivity index (χ0) is 8.97. The summed E-state index contributed by atoms with van der Waals surface area (Å²) >= 11 is 0. The van der Waals surface area contributed by atoms with Crippen molar-refractivity contribution in [1.82, 2.24) is 0 Å². The first kappa shape index (κ1) is 8.74. The monoisotopic (exact) mass is 165 g/mol. The molecular weight excluding hydrogens is 154 g/mol. The molecule has 3 nitrogen and oxygen atoms in total. The van der Waals surface area contributed by atoms with E-state index in [0.29, 0.717) is 0 Å². The Bertz CT molecular complexity index is 264. The number of aliphatic hydroxyl groups is 1. The van der Waals surface area contributed by atoms with E-state index in [4.69, 9.17) is 10.3 Å². The minimum atomic E-state index is -0.454. The summed E-state index contributed by atoms with van der Waals surface area (Å²) < 4.78 is 0. The molecule has 0 radical (unpaired) electrons. The molecule has 1 aromatic rings. The van der Waals surface area contributed by atoms with E-state index >= 15 is 0 Å². The first-order chi connectivity index (χ1) is 5.74. The van der Waals surface area contributed by atoms with Gasteiger partial charge in [-0.3, -0.25) is 0 Å². The van der Waals surface area contributed by atoms with Gasteiger partial charge in [-0.05, 0) is 18.1 Å². The van der Waals surface area contributed by atoms with Crippen molar-refractivity contribution in [3.05, 3.63) is 35.4 Å². The molecule has 12 heavy (non-hydrogen) atoms. The van der Waals surface area contributed by atoms with Gasteiger partial charge in [0.05, 0.1) is 12.3 Å². The van der Waals surface area contributed by atoms with Gasteiger partial charge in [0.15, 0.2) is 0 Å². The predicted molar refractivity (Wildman–Crippen MR) is 46.5 cm³/mol. The molecule has 0 aliphatic carbocycles. The summed E-state index contributed by atoms with van der Waals surface area (Å²) in [7, 11) is 0. The van der Waals surface area contributed by atoms with Crippen molar-refractivity contribution in [2.24, 2.45) is 5.16 Å². The molecule has 0 aliphatic rings. The van der Waals surface area contributed by atoms with E-state index < -0.39 is 6.10 Å². The van der Waals surface area contributed by atoms with Crippen molar-refractivity contribution < 1.29 is 10.3 Å². The second kappa shape index (κ2) is 3.88. The zero-order valence-corrected chi connectivity index (χ0v) is 6.81. The van der Waals surface area contributed by atoms with E-state index in [9.17, 15) is 0 Å². The Kier molecular flexibility index (Phi) is 2.82. The highest BCUT2D eigenvalue weighted by Gasteiger charge is 1.98. The fraction of sp³-hybridized carbons (Fsp3) is 0.222. The summed E-state index contributed by atoms with van der Waals surface area (Å²) in [5.74, 6) is 0. The summed E-state index contributed by atoms with van der Waals surface area (Å²) in [5, 5.41) is 20.3. The molecule has 0 aliphatic heterocycles. The molecule has 0 saturated heterocycles. The third-order valence-electron chi connectivity index (χ3n) is 1.63. The van der Waals surface area contributed by atoms with Crippen LogP contribution in [-0.2, 0) is 0 Å². The Morgan fingerprint density at radius 2 is 1.92 bits per heavy atom. The fourth-order valence-electron chi connectivity index (χ4n) is 0.927. The van der Waals surface area contributed by atoms with Crippen LogP contribution < -0.4 is 0 Å². The SMILES string of the molecule is CC(O)c1ccc(/C=N/O)cc1. The summed E-state index contributed by atoms with van der Waals surface area (Å²) in [6.45, 7) is 1.70. The number of benzene rings is 1. The largest absolute Gasteiger partial charge is 0.411 e. The van der Waals surface area contributed by atoms with Crippen LogP contribution in [0.3, 0.4) is 0 Å². The third kappa shape index (κ3) is 2.07. The third-order valence-corrected chi connectivity index (χ3v) is 1.63.